The maximum absolute atomic E-state index is 13.2. The van der Waals surface area contributed by atoms with Crippen LogP contribution in [0.15, 0.2) is 36.4 Å². The molecule has 0 saturated carbocycles. The fourth-order valence-corrected chi connectivity index (χ4v) is 2.78. The van der Waals surface area contributed by atoms with Crippen LogP contribution >= 0.6 is 11.3 Å². The van der Waals surface area contributed by atoms with Crippen LogP contribution in [0.25, 0.3) is 10.2 Å². The molecule has 0 atom stereocenters. The van der Waals surface area contributed by atoms with Gasteiger partial charge in [0, 0.05) is 11.6 Å². The normalized spacial score (nSPS) is 10.7. The van der Waals surface area contributed by atoms with E-state index in [0.29, 0.717) is 21.5 Å². The van der Waals surface area contributed by atoms with Gasteiger partial charge >= 0.3 is 0 Å². The Balaban J connectivity index is 1.87. The van der Waals surface area contributed by atoms with Crippen LogP contribution < -0.4 is 10.1 Å². The van der Waals surface area contributed by atoms with Gasteiger partial charge in [-0.3, -0.25) is 10.1 Å². The molecule has 1 N–H and O–H groups in total. The van der Waals surface area contributed by atoms with Crippen molar-refractivity contribution >= 4 is 32.6 Å². The Morgan fingerprint density at radius 1 is 1.23 bits per heavy atom. The van der Waals surface area contributed by atoms with Crippen molar-refractivity contribution < 1.29 is 18.3 Å². The Morgan fingerprint density at radius 3 is 2.77 bits per heavy atom. The van der Waals surface area contributed by atoms with E-state index in [1.54, 1.807) is 24.3 Å². The average molecular weight is 320 g/mol. The Morgan fingerprint density at radius 2 is 2.00 bits per heavy atom. The molecule has 0 saturated heterocycles. The van der Waals surface area contributed by atoms with Crippen LogP contribution in [0.4, 0.5) is 13.9 Å². The van der Waals surface area contributed by atoms with Crippen LogP contribution in [0.5, 0.6) is 5.75 Å². The van der Waals surface area contributed by atoms with Crippen LogP contribution in [0.1, 0.15) is 10.4 Å². The standard InChI is InChI=1S/C15H10F2N2O2S/c1-21-9-4-2-3-8(5-9)14(20)19-15-18-12-6-10(16)11(17)7-13(12)22-15/h2-7H,1H3,(H,18,19,20). The number of ether oxygens (including phenoxy) is 1. The molecule has 0 unspecified atom stereocenters. The second-order valence-electron chi connectivity index (χ2n) is 4.44. The summed E-state index contributed by atoms with van der Waals surface area (Å²) in [6.07, 6.45) is 0. The number of aromatic nitrogens is 1. The summed E-state index contributed by atoms with van der Waals surface area (Å²) in [5.41, 5.74) is 0.695. The van der Waals surface area contributed by atoms with Crippen molar-refractivity contribution in [2.75, 3.05) is 12.4 Å². The second-order valence-corrected chi connectivity index (χ2v) is 5.47. The lowest BCUT2D eigenvalue weighted by Crippen LogP contribution is -2.11. The molecule has 1 amide bonds. The van der Waals surface area contributed by atoms with E-state index < -0.39 is 11.6 Å². The number of rotatable bonds is 3. The number of carbonyl (C=O) groups excluding carboxylic acids is 1. The van der Waals surface area contributed by atoms with Crippen molar-refractivity contribution in [1.29, 1.82) is 0 Å². The van der Waals surface area contributed by atoms with Gasteiger partial charge in [0.25, 0.3) is 5.91 Å². The third-order valence-electron chi connectivity index (χ3n) is 2.98. The first-order chi connectivity index (χ1) is 10.6. The van der Waals surface area contributed by atoms with Gasteiger partial charge in [-0.05, 0) is 24.3 Å². The van der Waals surface area contributed by atoms with E-state index in [9.17, 15) is 13.6 Å². The van der Waals surface area contributed by atoms with Crippen LogP contribution in [0, 0.1) is 11.6 Å². The summed E-state index contributed by atoms with van der Waals surface area (Å²) in [5.74, 6) is -1.73. The predicted octanol–water partition coefficient (Wildman–Crippen LogP) is 3.84. The Kier molecular flexibility index (Phi) is 3.72. The van der Waals surface area contributed by atoms with Crippen LogP contribution in [-0.2, 0) is 0 Å². The number of hydrogen-bond donors (Lipinski definition) is 1. The van der Waals surface area contributed by atoms with Gasteiger partial charge in [0.1, 0.15) is 5.75 Å². The SMILES string of the molecule is COc1cccc(C(=O)Nc2nc3cc(F)c(F)cc3s2)c1. The fraction of sp³-hybridized carbons (Fsp3) is 0.0667. The number of hydrogen-bond acceptors (Lipinski definition) is 4. The molecule has 0 bridgehead atoms. The molecule has 2 aromatic carbocycles. The van der Waals surface area contributed by atoms with E-state index >= 15 is 0 Å². The van der Waals surface area contributed by atoms with E-state index in [2.05, 4.69) is 10.3 Å². The summed E-state index contributed by atoms with van der Waals surface area (Å²) in [7, 11) is 1.51. The van der Waals surface area contributed by atoms with Gasteiger partial charge in [-0.25, -0.2) is 13.8 Å². The minimum Gasteiger partial charge on any atom is -0.497 e. The molecule has 0 aliphatic rings. The Hall–Kier alpha value is -2.54. The molecule has 1 aromatic heterocycles. The fourth-order valence-electron chi connectivity index (χ4n) is 1.91. The van der Waals surface area contributed by atoms with Gasteiger partial charge in [-0.1, -0.05) is 17.4 Å². The first kappa shape index (κ1) is 14.4. The highest BCUT2D eigenvalue weighted by molar-refractivity contribution is 7.22. The van der Waals surface area contributed by atoms with Gasteiger partial charge in [0.05, 0.1) is 17.3 Å². The minimum absolute atomic E-state index is 0.271. The molecule has 0 radical (unpaired) electrons. The molecule has 0 spiro atoms. The summed E-state index contributed by atoms with van der Waals surface area (Å²) in [5, 5.41) is 2.88. The molecular formula is C15H10F2N2O2S. The highest BCUT2D eigenvalue weighted by Gasteiger charge is 2.13. The highest BCUT2D eigenvalue weighted by Crippen LogP contribution is 2.28. The largest absolute Gasteiger partial charge is 0.497 e. The van der Waals surface area contributed by atoms with Crippen molar-refractivity contribution in [1.82, 2.24) is 4.98 Å². The number of anilines is 1. The maximum atomic E-state index is 13.2. The second kappa shape index (κ2) is 5.69. The van der Waals surface area contributed by atoms with Crippen LogP contribution in [0.2, 0.25) is 0 Å². The van der Waals surface area contributed by atoms with E-state index in [0.717, 1.165) is 23.5 Å². The van der Waals surface area contributed by atoms with Crippen molar-refractivity contribution in [3.63, 3.8) is 0 Å². The number of amides is 1. The summed E-state index contributed by atoms with van der Waals surface area (Å²) < 4.78 is 31.8. The summed E-state index contributed by atoms with van der Waals surface area (Å²) in [6.45, 7) is 0. The summed E-state index contributed by atoms with van der Waals surface area (Å²) >= 11 is 1.07. The van der Waals surface area contributed by atoms with Crippen molar-refractivity contribution in [2.24, 2.45) is 0 Å². The van der Waals surface area contributed by atoms with E-state index in [4.69, 9.17) is 4.74 Å². The number of nitrogens with one attached hydrogen (secondary N) is 1. The van der Waals surface area contributed by atoms with Crippen molar-refractivity contribution in [3.05, 3.63) is 53.6 Å². The summed E-state index contributed by atoms with van der Waals surface area (Å²) in [6, 6.07) is 8.69. The highest BCUT2D eigenvalue weighted by atomic mass is 32.1. The molecule has 0 aliphatic heterocycles. The molecule has 0 fully saturated rings. The lowest BCUT2D eigenvalue weighted by Gasteiger charge is -2.03. The third-order valence-corrected chi connectivity index (χ3v) is 3.92. The van der Waals surface area contributed by atoms with E-state index in [-0.39, 0.29) is 11.0 Å². The molecule has 22 heavy (non-hydrogen) atoms. The lowest BCUT2D eigenvalue weighted by atomic mass is 10.2. The van der Waals surface area contributed by atoms with Gasteiger partial charge in [0.2, 0.25) is 0 Å². The number of halogens is 2. The maximum Gasteiger partial charge on any atom is 0.257 e. The molecular weight excluding hydrogens is 310 g/mol. The Labute approximate surface area is 128 Å². The molecule has 0 aliphatic carbocycles. The zero-order chi connectivity index (χ0) is 15.7. The van der Waals surface area contributed by atoms with E-state index in [1.807, 2.05) is 0 Å². The van der Waals surface area contributed by atoms with Crippen LogP contribution in [-0.4, -0.2) is 18.0 Å². The summed E-state index contributed by atoms with van der Waals surface area (Å²) in [4.78, 5) is 16.2. The monoisotopic (exact) mass is 320 g/mol. The number of nitrogens with zero attached hydrogens (tertiary/aromatic N) is 1. The molecule has 112 valence electrons. The smallest absolute Gasteiger partial charge is 0.257 e. The first-order valence-electron chi connectivity index (χ1n) is 6.28. The molecule has 3 aromatic rings. The molecule has 7 heteroatoms. The van der Waals surface area contributed by atoms with Gasteiger partial charge < -0.3 is 4.74 Å². The number of carbonyl (C=O) groups is 1. The van der Waals surface area contributed by atoms with Crippen LogP contribution in [0.3, 0.4) is 0 Å². The van der Waals surface area contributed by atoms with Crippen molar-refractivity contribution in [2.45, 2.75) is 0 Å². The minimum atomic E-state index is -0.969. The first-order valence-corrected chi connectivity index (χ1v) is 7.09. The molecule has 3 rings (SSSR count). The quantitative estimate of drug-likeness (QED) is 0.798. The molecule has 1 heterocycles. The predicted molar refractivity (Wildman–Crippen MR) is 80.5 cm³/mol. The lowest BCUT2D eigenvalue weighted by molar-refractivity contribution is 0.102. The topological polar surface area (TPSA) is 51.2 Å². The van der Waals surface area contributed by atoms with Gasteiger partial charge in [-0.2, -0.15) is 0 Å². The van der Waals surface area contributed by atoms with Gasteiger partial charge in [-0.15, -0.1) is 0 Å². The number of fused-ring (bicyclic) bond motifs is 1. The zero-order valence-corrected chi connectivity index (χ0v) is 12.2. The van der Waals surface area contributed by atoms with E-state index in [1.165, 1.54) is 7.11 Å². The van der Waals surface area contributed by atoms with Crippen molar-refractivity contribution in [3.8, 4) is 5.75 Å². The number of thiazole rings is 1. The molecule has 4 nitrogen and oxygen atoms in total. The number of benzene rings is 2. The van der Waals surface area contributed by atoms with Gasteiger partial charge in [0.15, 0.2) is 16.8 Å². The average Bonchev–Trinajstić information content (AvgIpc) is 2.89. The third kappa shape index (κ3) is 2.75. The Bertz CT molecular complexity index is 825. The number of methoxy groups -OCH3 is 1. The zero-order valence-electron chi connectivity index (χ0n) is 11.4.